The van der Waals surface area contributed by atoms with Gasteiger partial charge >= 0.3 is 5.97 Å². The van der Waals surface area contributed by atoms with Crippen LogP contribution in [0.1, 0.15) is 5.56 Å². The van der Waals surface area contributed by atoms with Gasteiger partial charge in [0.1, 0.15) is 6.54 Å². The van der Waals surface area contributed by atoms with E-state index >= 15 is 0 Å². The molecule has 0 spiro atoms. The van der Waals surface area contributed by atoms with Crippen LogP contribution in [0.5, 0.6) is 0 Å². The highest BCUT2D eigenvalue weighted by Gasteiger charge is 2.23. The Hall–Kier alpha value is -1.51. The van der Waals surface area contributed by atoms with E-state index in [4.69, 9.17) is 18.0 Å². The predicted octanol–water partition coefficient (Wildman–Crippen LogP) is 0.309. The van der Waals surface area contributed by atoms with Crippen LogP contribution in [0.15, 0.2) is 29.2 Å². The van der Waals surface area contributed by atoms with E-state index in [-0.39, 0.29) is 11.4 Å². The molecular weight excluding hydrogens is 300 g/mol. The SMILES string of the molecule is COC(=O)CN(C)S(=O)(=O)c1ccc(CC(N)=S)cc1. The largest absolute Gasteiger partial charge is 0.468 e. The van der Waals surface area contributed by atoms with Crippen LogP contribution >= 0.6 is 12.2 Å². The van der Waals surface area contributed by atoms with Crippen LogP contribution in [0.2, 0.25) is 0 Å². The monoisotopic (exact) mass is 316 g/mol. The Kier molecular flexibility index (Phi) is 5.61. The average molecular weight is 316 g/mol. The number of ether oxygens (including phenoxy) is 1. The number of hydrogen-bond acceptors (Lipinski definition) is 5. The van der Waals surface area contributed by atoms with Crippen LogP contribution in [0.4, 0.5) is 0 Å². The number of likely N-dealkylation sites (N-methyl/N-ethyl adjacent to an activating group) is 1. The normalized spacial score (nSPS) is 11.3. The second-order valence-corrected chi connectivity index (χ2v) is 6.69. The average Bonchev–Trinajstić information content (AvgIpc) is 2.38. The predicted molar refractivity (Wildman–Crippen MR) is 78.8 cm³/mol. The number of hydrogen-bond donors (Lipinski definition) is 1. The van der Waals surface area contributed by atoms with E-state index in [1.54, 1.807) is 12.1 Å². The van der Waals surface area contributed by atoms with Gasteiger partial charge in [0, 0.05) is 13.5 Å². The van der Waals surface area contributed by atoms with Crippen molar-refractivity contribution in [2.24, 2.45) is 5.73 Å². The fraction of sp³-hybridized carbons (Fsp3) is 0.333. The molecule has 0 saturated heterocycles. The van der Waals surface area contributed by atoms with Crippen molar-refractivity contribution in [3.05, 3.63) is 29.8 Å². The molecule has 0 aromatic heterocycles. The Bertz CT molecular complexity index is 596. The molecule has 8 heteroatoms. The lowest BCUT2D eigenvalue weighted by Gasteiger charge is -2.16. The van der Waals surface area contributed by atoms with Crippen molar-refractivity contribution in [1.29, 1.82) is 0 Å². The minimum absolute atomic E-state index is 0.0931. The number of nitrogens with zero attached hydrogens (tertiary/aromatic N) is 1. The summed E-state index contributed by atoms with van der Waals surface area (Å²) in [6.07, 6.45) is 0.410. The molecule has 1 rings (SSSR count). The number of carbonyl (C=O) groups excluding carboxylic acids is 1. The van der Waals surface area contributed by atoms with Gasteiger partial charge in [-0.2, -0.15) is 4.31 Å². The third-order valence-electron chi connectivity index (χ3n) is 2.59. The van der Waals surface area contributed by atoms with Gasteiger partial charge in [0.25, 0.3) is 0 Å². The van der Waals surface area contributed by atoms with Crippen molar-refractivity contribution in [3.63, 3.8) is 0 Å². The standard InChI is InChI=1S/C12H16N2O4S2/c1-14(8-12(15)18-2)20(16,17)10-5-3-9(4-6-10)7-11(13)19/h3-6H,7-8H2,1-2H3,(H2,13,19). The van der Waals surface area contributed by atoms with Crippen molar-refractivity contribution < 1.29 is 17.9 Å². The number of esters is 1. The summed E-state index contributed by atoms with van der Waals surface area (Å²) in [5.74, 6) is -0.624. The molecule has 0 radical (unpaired) electrons. The third kappa shape index (κ3) is 4.26. The lowest BCUT2D eigenvalue weighted by Crippen LogP contribution is -2.32. The molecule has 0 aliphatic carbocycles. The molecule has 0 atom stereocenters. The molecule has 0 aliphatic heterocycles. The number of methoxy groups -OCH3 is 1. The number of nitrogens with two attached hydrogens (primary N) is 1. The van der Waals surface area contributed by atoms with Crippen molar-refractivity contribution in [1.82, 2.24) is 4.31 Å². The minimum atomic E-state index is -3.72. The first-order chi connectivity index (χ1) is 9.27. The Labute approximate surface area is 123 Å². The van der Waals surface area contributed by atoms with E-state index in [9.17, 15) is 13.2 Å². The van der Waals surface area contributed by atoms with Gasteiger partial charge in [0.2, 0.25) is 10.0 Å². The zero-order chi connectivity index (χ0) is 15.3. The molecule has 0 unspecified atom stereocenters. The molecule has 0 heterocycles. The van der Waals surface area contributed by atoms with E-state index in [0.29, 0.717) is 11.4 Å². The van der Waals surface area contributed by atoms with Gasteiger partial charge in [-0.25, -0.2) is 8.42 Å². The number of thiocarbonyl (C=S) groups is 1. The third-order valence-corrected chi connectivity index (χ3v) is 4.55. The highest BCUT2D eigenvalue weighted by Crippen LogP contribution is 2.15. The van der Waals surface area contributed by atoms with Crippen LogP contribution in [0, 0.1) is 0 Å². The fourth-order valence-corrected chi connectivity index (χ4v) is 2.77. The molecule has 0 saturated carbocycles. The maximum atomic E-state index is 12.2. The first-order valence-electron chi connectivity index (χ1n) is 5.67. The molecule has 110 valence electrons. The molecule has 0 fully saturated rings. The fourth-order valence-electron chi connectivity index (χ4n) is 1.49. The zero-order valence-corrected chi connectivity index (χ0v) is 12.8. The van der Waals surface area contributed by atoms with Gasteiger partial charge < -0.3 is 10.5 Å². The maximum Gasteiger partial charge on any atom is 0.321 e. The first-order valence-corrected chi connectivity index (χ1v) is 7.52. The number of sulfonamides is 1. The molecule has 1 aromatic rings. The summed E-state index contributed by atoms with van der Waals surface area (Å²) in [7, 11) is -1.20. The Morgan fingerprint density at radius 2 is 1.90 bits per heavy atom. The molecule has 1 aromatic carbocycles. The Morgan fingerprint density at radius 3 is 2.35 bits per heavy atom. The van der Waals surface area contributed by atoms with E-state index in [2.05, 4.69) is 4.74 Å². The van der Waals surface area contributed by atoms with Gasteiger partial charge in [0.05, 0.1) is 17.0 Å². The summed E-state index contributed by atoms with van der Waals surface area (Å²) >= 11 is 4.79. The van der Waals surface area contributed by atoms with E-state index in [0.717, 1.165) is 9.87 Å². The Morgan fingerprint density at radius 1 is 1.35 bits per heavy atom. The van der Waals surface area contributed by atoms with Crippen LogP contribution < -0.4 is 5.73 Å². The van der Waals surface area contributed by atoms with Crippen molar-refractivity contribution >= 4 is 33.2 Å². The molecular formula is C12H16N2O4S2. The Balaban J connectivity index is 2.92. The summed E-state index contributed by atoms with van der Waals surface area (Å²) in [4.78, 5) is 11.5. The smallest absolute Gasteiger partial charge is 0.321 e. The summed E-state index contributed by atoms with van der Waals surface area (Å²) in [6, 6.07) is 6.18. The summed E-state index contributed by atoms with van der Waals surface area (Å²) in [5.41, 5.74) is 6.25. The number of carbonyl (C=O) groups is 1. The van der Waals surface area contributed by atoms with Crippen molar-refractivity contribution in [3.8, 4) is 0 Å². The molecule has 0 amide bonds. The van der Waals surface area contributed by atoms with Gasteiger partial charge in [-0.05, 0) is 17.7 Å². The topological polar surface area (TPSA) is 89.7 Å². The van der Waals surface area contributed by atoms with Gasteiger partial charge in [-0.15, -0.1) is 0 Å². The second kappa shape index (κ2) is 6.78. The van der Waals surface area contributed by atoms with Gasteiger partial charge in [0.15, 0.2) is 0 Å². The van der Waals surface area contributed by atoms with Crippen LogP contribution in [0.3, 0.4) is 0 Å². The minimum Gasteiger partial charge on any atom is -0.468 e. The molecule has 6 nitrogen and oxygen atoms in total. The first kappa shape index (κ1) is 16.5. The summed E-state index contributed by atoms with van der Waals surface area (Å²) < 4.78 is 29.7. The van der Waals surface area contributed by atoms with Crippen molar-refractivity contribution in [2.75, 3.05) is 20.7 Å². The lowest BCUT2D eigenvalue weighted by molar-refractivity contribution is -0.140. The molecule has 2 N–H and O–H groups in total. The number of rotatable bonds is 6. The molecule has 20 heavy (non-hydrogen) atoms. The summed E-state index contributed by atoms with van der Waals surface area (Å²) in [5, 5.41) is 0. The van der Waals surface area contributed by atoms with Crippen LogP contribution in [0.25, 0.3) is 0 Å². The lowest BCUT2D eigenvalue weighted by atomic mass is 10.1. The maximum absolute atomic E-state index is 12.2. The quantitative estimate of drug-likeness (QED) is 0.600. The zero-order valence-electron chi connectivity index (χ0n) is 11.2. The van der Waals surface area contributed by atoms with Crippen LogP contribution in [-0.2, 0) is 26.0 Å². The highest BCUT2D eigenvalue weighted by molar-refractivity contribution is 7.89. The molecule has 0 aliphatic rings. The van der Waals surface area contributed by atoms with E-state index in [1.165, 1.54) is 26.3 Å². The molecule has 0 bridgehead atoms. The van der Waals surface area contributed by atoms with E-state index < -0.39 is 16.0 Å². The summed E-state index contributed by atoms with van der Waals surface area (Å²) in [6.45, 7) is -0.340. The van der Waals surface area contributed by atoms with Crippen LogP contribution in [-0.4, -0.2) is 44.4 Å². The van der Waals surface area contributed by atoms with E-state index in [1.807, 2.05) is 0 Å². The number of benzene rings is 1. The second-order valence-electron chi connectivity index (χ2n) is 4.12. The van der Waals surface area contributed by atoms with Gasteiger partial charge in [-0.1, -0.05) is 24.4 Å². The highest BCUT2D eigenvalue weighted by atomic mass is 32.2. The van der Waals surface area contributed by atoms with Crippen molar-refractivity contribution in [2.45, 2.75) is 11.3 Å². The van der Waals surface area contributed by atoms with Gasteiger partial charge in [-0.3, -0.25) is 4.79 Å².